The fourth-order valence-corrected chi connectivity index (χ4v) is 1.13. The molecule has 68 valence electrons. The van der Waals surface area contributed by atoms with Gasteiger partial charge in [0, 0.05) is 0 Å². The van der Waals surface area contributed by atoms with Crippen LogP contribution in [0.3, 0.4) is 0 Å². The second kappa shape index (κ2) is 6.58. The van der Waals surface area contributed by atoms with Gasteiger partial charge in [-0.2, -0.15) is 0 Å². The molecule has 0 aliphatic heterocycles. The predicted octanol–water partition coefficient (Wildman–Crippen LogP) is 0.385. The van der Waals surface area contributed by atoms with Crippen LogP contribution in [0.15, 0.2) is 0 Å². The van der Waals surface area contributed by atoms with E-state index in [2.05, 4.69) is 6.92 Å². The molecule has 0 spiro atoms. The molecule has 11 heavy (non-hydrogen) atoms. The van der Waals surface area contributed by atoms with Gasteiger partial charge in [0.05, 0.1) is 6.17 Å². The Morgan fingerprint density at radius 2 is 1.82 bits per heavy atom. The Balaban J connectivity index is 3.10. The van der Waals surface area contributed by atoms with Crippen LogP contribution in [0.2, 0.25) is 0 Å². The van der Waals surface area contributed by atoms with Crippen LogP contribution in [0.5, 0.6) is 0 Å². The summed E-state index contributed by atoms with van der Waals surface area (Å²) in [4.78, 5) is 0. The summed E-state index contributed by atoms with van der Waals surface area (Å²) >= 11 is 0. The molecule has 0 amide bonds. The third-order valence-electron chi connectivity index (χ3n) is 1.89. The third-order valence-corrected chi connectivity index (χ3v) is 1.89. The first kappa shape index (κ1) is 10.9. The van der Waals surface area contributed by atoms with Crippen molar-refractivity contribution in [2.75, 3.05) is 6.54 Å². The van der Waals surface area contributed by atoms with E-state index in [9.17, 15) is 0 Å². The SMILES string of the molecule is CC(CC[16NH2])CCCC(N)N. The van der Waals surface area contributed by atoms with E-state index in [1.54, 1.807) is 0 Å². The molecule has 0 aromatic heterocycles. The monoisotopic (exact) mass is 161 g/mol. The second-order valence-electron chi connectivity index (χ2n) is 3.28. The molecular weight excluding hydrogens is 140 g/mol. The van der Waals surface area contributed by atoms with Crippen molar-refractivity contribution in [2.45, 2.75) is 38.8 Å². The summed E-state index contributed by atoms with van der Waals surface area (Å²) in [5.41, 5.74) is 16.2. The molecule has 6 N–H and O–H groups in total. The van der Waals surface area contributed by atoms with E-state index in [-0.39, 0.29) is 6.17 Å². The lowest BCUT2D eigenvalue weighted by Crippen LogP contribution is -2.30. The van der Waals surface area contributed by atoms with Gasteiger partial charge in [-0.05, 0) is 25.3 Å². The zero-order chi connectivity index (χ0) is 8.69. The Hall–Kier alpha value is -0.120. The van der Waals surface area contributed by atoms with Crippen LogP contribution < -0.4 is 17.2 Å². The van der Waals surface area contributed by atoms with Gasteiger partial charge in [-0.1, -0.05) is 19.8 Å². The molecule has 0 bridgehead atoms. The van der Waals surface area contributed by atoms with Crippen LogP contribution in [0.25, 0.3) is 0 Å². The third kappa shape index (κ3) is 7.78. The summed E-state index contributed by atoms with van der Waals surface area (Å²) in [6, 6.07) is 0. The van der Waals surface area contributed by atoms with Crippen molar-refractivity contribution in [1.29, 1.82) is 0 Å². The van der Waals surface area contributed by atoms with Crippen molar-refractivity contribution in [1.82, 2.24) is 0 Å². The van der Waals surface area contributed by atoms with Gasteiger partial charge in [0.1, 0.15) is 0 Å². The van der Waals surface area contributed by atoms with Gasteiger partial charge >= 0.3 is 0 Å². The van der Waals surface area contributed by atoms with E-state index in [4.69, 9.17) is 17.2 Å². The summed E-state index contributed by atoms with van der Waals surface area (Å²) < 4.78 is 0. The molecule has 3 nitrogen and oxygen atoms in total. The van der Waals surface area contributed by atoms with Gasteiger partial charge in [-0.15, -0.1) is 0 Å². The van der Waals surface area contributed by atoms with Gasteiger partial charge < -0.3 is 17.2 Å². The summed E-state index contributed by atoms with van der Waals surface area (Å²) in [5, 5.41) is 0. The van der Waals surface area contributed by atoms with E-state index in [1.807, 2.05) is 0 Å². The smallest absolute Gasteiger partial charge is 0.0520 e. The molecule has 0 heterocycles. The molecule has 0 aromatic rings. The predicted molar refractivity (Wildman–Crippen MR) is 48.8 cm³/mol. The quantitative estimate of drug-likeness (QED) is 0.493. The van der Waals surface area contributed by atoms with Crippen molar-refractivity contribution in [3.63, 3.8) is 0 Å². The topological polar surface area (TPSA) is 78.1 Å². The maximum atomic E-state index is 5.41. The van der Waals surface area contributed by atoms with Crippen LogP contribution in [0.1, 0.15) is 32.6 Å². The minimum Gasteiger partial charge on any atom is -0.330 e. The molecule has 0 saturated carbocycles. The van der Waals surface area contributed by atoms with Crippen molar-refractivity contribution < 1.29 is 0 Å². The first-order chi connectivity index (χ1) is 5.16. The van der Waals surface area contributed by atoms with Crippen molar-refractivity contribution in [2.24, 2.45) is 23.1 Å². The molecule has 1 atom stereocenters. The molecule has 0 aliphatic rings. The zero-order valence-electron chi connectivity index (χ0n) is 7.42. The molecule has 1 unspecified atom stereocenters. The van der Waals surface area contributed by atoms with Crippen molar-refractivity contribution in [3.8, 4) is 0 Å². The summed E-state index contributed by atoms with van der Waals surface area (Å²) in [6.45, 7) is 3.00. The van der Waals surface area contributed by atoms with Crippen LogP contribution in [0.4, 0.5) is 0 Å². The lowest BCUT2D eigenvalue weighted by Gasteiger charge is -2.10. The molecule has 0 rings (SSSR count). The highest BCUT2D eigenvalue weighted by Gasteiger charge is 2.01. The highest BCUT2D eigenvalue weighted by atomic mass is 16.3. The standard InChI is InChI=1S/C8H21N3/c1-7(5-6-9)3-2-4-8(10)11/h7-8H,2-6,9-11H2,1H3/i9+2. The Labute approximate surface area is 69.3 Å². The summed E-state index contributed by atoms with van der Waals surface area (Å²) in [6.07, 6.45) is 4.22. The van der Waals surface area contributed by atoms with Gasteiger partial charge in [-0.25, -0.2) is 0 Å². The van der Waals surface area contributed by atoms with E-state index >= 15 is 0 Å². The van der Waals surface area contributed by atoms with Gasteiger partial charge in [0.2, 0.25) is 0 Å². The van der Waals surface area contributed by atoms with E-state index in [0.717, 1.165) is 31.7 Å². The molecule has 0 fully saturated rings. The maximum Gasteiger partial charge on any atom is 0.0520 e. The largest absolute Gasteiger partial charge is 0.330 e. The molecule has 0 aliphatic carbocycles. The maximum absolute atomic E-state index is 5.41. The molecular formula is C8H21N3. The van der Waals surface area contributed by atoms with E-state index in [0.29, 0.717) is 0 Å². The van der Waals surface area contributed by atoms with Crippen molar-refractivity contribution >= 4 is 0 Å². The van der Waals surface area contributed by atoms with Gasteiger partial charge in [0.15, 0.2) is 0 Å². The average molecular weight is 161 g/mol. The van der Waals surface area contributed by atoms with Crippen LogP contribution in [-0.2, 0) is 0 Å². The zero-order valence-corrected chi connectivity index (χ0v) is 7.42. The minimum atomic E-state index is -0.139. The number of hydrogen-bond acceptors (Lipinski definition) is 3. The average Bonchev–Trinajstić information content (AvgIpc) is 1.87. The van der Waals surface area contributed by atoms with Crippen LogP contribution in [-0.4, -0.2) is 12.7 Å². The summed E-state index contributed by atoms with van der Waals surface area (Å²) in [5.74, 6) is 0.721. The second-order valence-corrected chi connectivity index (χ2v) is 3.28. The number of hydrogen-bond donors (Lipinski definition) is 3. The molecule has 3 heteroatoms. The Kier molecular flexibility index (Phi) is 6.51. The van der Waals surface area contributed by atoms with Gasteiger partial charge in [-0.3, -0.25) is 0 Å². The van der Waals surface area contributed by atoms with E-state index in [1.165, 1.54) is 6.42 Å². The fourth-order valence-electron chi connectivity index (χ4n) is 1.13. The lowest BCUT2D eigenvalue weighted by molar-refractivity contribution is 0.454. The minimum absolute atomic E-state index is 0.139. The normalized spacial score (nSPS) is 13.9. The Morgan fingerprint density at radius 1 is 1.18 bits per heavy atom. The molecule has 0 aromatic carbocycles. The number of nitrogens with two attached hydrogens (primary N) is 3. The Morgan fingerprint density at radius 3 is 2.27 bits per heavy atom. The first-order valence-corrected chi connectivity index (χ1v) is 4.38. The number of rotatable bonds is 6. The first-order valence-electron chi connectivity index (χ1n) is 4.38. The van der Waals surface area contributed by atoms with Crippen LogP contribution >= 0.6 is 0 Å². The van der Waals surface area contributed by atoms with E-state index < -0.39 is 0 Å². The fraction of sp³-hybridized carbons (Fsp3) is 1.00. The highest BCUT2D eigenvalue weighted by Crippen LogP contribution is 2.10. The molecule has 0 radical (unpaired) electrons. The van der Waals surface area contributed by atoms with Crippen molar-refractivity contribution in [3.05, 3.63) is 0 Å². The molecule has 0 saturated heterocycles. The van der Waals surface area contributed by atoms with Crippen LogP contribution in [0, 0.1) is 5.92 Å². The lowest BCUT2D eigenvalue weighted by atomic mass is 10.0. The summed E-state index contributed by atoms with van der Waals surface area (Å²) in [7, 11) is 0. The van der Waals surface area contributed by atoms with Gasteiger partial charge in [0.25, 0.3) is 0 Å². The Bertz CT molecular complexity index is 83.4. The highest BCUT2D eigenvalue weighted by molar-refractivity contribution is 4.57.